The van der Waals surface area contributed by atoms with Gasteiger partial charge in [-0.3, -0.25) is 9.48 Å². The molecule has 1 amide bonds. The van der Waals surface area contributed by atoms with E-state index >= 15 is 0 Å². The summed E-state index contributed by atoms with van der Waals surface area (Å²) >= 11 is 0. The van der Waals surface area contributed by atoms with Gasteiger partial charge in [-0.25, -0.2) is 4.79 Å². The second kappa shape index (κ2) is 5.42. The predicted molar refractivity (Wildman–Crippen MR) is 71.0 cm³/mol. The summed E-state index contributed by atoms with van der Waals surface area (Å²) in [6.07, 6.45) is 1.48. The summed E-state index contributed by atoms with van der Waals surface area (Å²) in [6.45, 7) is 9.55. The van der Waals surface area contributed by atoms with Gasteiger partial charge in [0.2, 0.25) is 0 Å². The van der Waals surface area contributed by atoms with Crippen LogP contribution < -0.4 is 5.32 Å². The molecule has 0 aliphatic heterocycles. The largest absolute Gasteiger partial charge is 0.480 e. The average molecular weight is 267 g/mol. The minimum Gasteiger partial charge on any atom is -0.480 e. The molecule has 1 heterocycles. The Balaban J connectivity index is 2.90. The van der Waals surface area contributed by atoms with E-state index in [1.54, 1.807) is 11.6 Å². The highest BCUT2D eigenvalue weighted by atomic mass is 16.4. The van der Waals surface area contributed by atoms with Crippen LogP contribution in [0.1, 0.15) is 43.7 Å². The summed E-state index contributed by atoms with van der Waals surface area (Å²) in [5.41, 5.74) is -0.147. The van der Waals surface area contributed by atoms with Gasteiger partial charge in [-0.2, -0.15) is 5.10 Å². The molecule has 19 heavy (non-hydrogen) atoms. The molecule has 6 nitrogen and oxygen atoms in total. The Hall–Kier alpha value is -1.85. The van der Waals surface area contributed by atoms with E-state index < -0.39 is 17.4 Å². The second-order valence-electron chi connectivity index (χ2n) is 5.60. The number of aromatic nitrogens is 2. The monoisotopic (exact) mass is 267 g/mol. The van der Waals surface area contributed by atoms with Crippen molar-refractivity contribution >= 4 is 11.9 Å². The van der Waals surface area contributed by atoms with E-state index in [9.17, 15) is 9.59 Å². The lowest BCUT2D eigenvalue weighted by Gasteiger charge is -2.20. The molecule has 1 aromatic rings. The molecule has 2 N–H and O–H groups in total. The van der Waals surface area contributed by atoms with Crippen molar-refractivity contribution in [2.75, 3.05) is 0 Å². The fourth-order valence-corrected chi connectivity index (χ4v) is 1.60. The van der Waals surface area contributed by atoms with Gasteiger partial charge < -0.3 is 10.4 Å². The highest BCUT2D eigenvalue weighted by Gasteiger charge is 2.30. The van der Waals surface area contributed by atoms with Crippen LogP contribution in [0.25, 0.3) is 0 Å². The highest BCUT2D eigenvalue weighted by molar-refractivity contribution is 5.98. The molecular weight excluding hydrogens is 246 g/mol. The molecule has 1 rings (SSSR count). The molecule has 0 aliphatic carbocycles. The lowest BCUT2D eigenvalue weighted by atomic mass is 10.1. The Labute approximate surface area is 112 Å². The lowest BCUT2D eigenvalue weighted by molar-refractivity contribution is -0.143. The van der Waals surface area contributed by atoms with Crippen molar-refractivity contribution < 1.29 is 14.7 Å². The van der Waals surface area contributed by atoms with Crippen LogP contribution in [-0.4, -0.2) is 32.3 Å². The van der Waals surface area contributed by atoms with Gasteiger partial charge in [-0.05, 0) is 26.7 Å². The van der Waals surface area contributed by atoms with Gasteiger partial charge in [0.05, 0.1) is 11.8 Å². The van der Waals surface area contributed by atoms with Gasteiger partial charge in [0, 0.05) is 12.2 Å². The Kier molecular flexibility index (Phi) is 4.34. The van der Waals surface area contributed by atoms with Crippen molar-refractivity contribution in [1.29, 1.82) is 0 Å². The Morgan fingerprint density at radius 3 is 2.53 bits per heavy atom. The summed E-state index contributed by atoms with van der Waals surface area (Å²) in [6, 6.07) is 0. The zero-order valence-corrected chi connectivity index (χ0v) is 12.0. The number of carboxylic acid groups (broad SMARTS) is 1. The molecule has 0 bridgehead atoms. The van der Waals surface area contributed by atoms with Gasteiger partial charge in [-0.1, -0.05) is 13.8 Å². The summed E-state index contributed by atoms with van der Waals surface area (Å²) in [5, 5.41) is 15.6. The third kappa shape index (κ3) is 3.56. The zero-order chi connectivity index (χ0) is 14.8. The first-order chi connectivity index (χ1) is 8.65. The number of hydrogen-bond acceptors (Lipinski definition) is 3. The Morgan fingerprint density at radius 2 is 2.05 bits per heavy atom. The number of aliphatic carboxylic acids is 1. The molecule has 0 fully saturated rings. The number of carboxylic acids is 1. The Bertz CT molecular complexity index is 489. The quantitative estimate of drug-likeness (QED) is 0.845. The lowest BCUT2D eigenvalue weighted by Crippen LogP contribution is -2.49. The SMILES string of the molecule is Cc1c(C(=O)NC(C)(C)C(=O)O)cnn1CC(C)C. The summed E-state index contributed by atoms with van der Waals surface area (Å²) in [4.78, 5) is 23.0. The Morgan fingerprint density at radius 1 is 1.47 bits per heavy atom. The normalized spacial score (nSPS) is 11.7. The fraction of sp³-hybridized carbons (Fsp3) is 0.615. The first kappa shape index (κ1) is 15.2. The number of nitrogens with one attached hydrogen (secondary N) is 1. The minimum atomic E-state index is -1.30. The number of hydrogen-bond donors (Lipinski definition) is 2. The average Bonchev–Trinajstić information content (AvgIpc) is 2.59. The van der Waals surface area contributed by atoms with E-state index in [0.717, 1.165) is 12.2 Å². The molecule has 0 aromatic carbocycles. The van der Waals surface area contributed by atoms with Crippen LogP contribution >= 0.6 is 0 Å². The van der Waals surface area contributed by atoms with Crippen LogP contribution in [0, 0.1) is 12.8 Å². The van der Waals surface area contributed by atoms with Gasteiger partial charge >= 0.3 is 5.97 Å². The van der Waals surface area contributed by atoms with Gasteiger partial charge in [-0.15, -0.1) is 0 Å². The number of carbonyl (C=O) groups excluding carboxylic acids is 1. The first-order valence-electron chi connectivity index (χ1n) is 6.23. The third-order valence-electron chi connectivity index (χ3n) is 2.85. The van der Waals surface area contributed by atoms with Crippen LogP contribution in [0.3, 0.4) is 0 Å². The van der Waals surface area contributed by atoms with Crippen molar-refractivity contribution in [2.45, 2.75) is 46.7 Å². The van der Waals surface area contributed by atoms with Crippen LogP contribution in [-0.2, 0) is 11.3 Å². The molecule has 0 saturated carbocycles. The molecule has 6 heteroatoms. The van der Waals surface area contributed by atoms with Gasteiger partial charge in [0.1, 0.15) is 5.54 Å². The summed E-state index contributed by atoms with van der Waals surface area (Å²) < 4.78 is 1.76. The molecule has 1 aromatic heterocycles. The van der Waals surface area contributed by atoms with Crippen LogP contribution in [0.15, 0.2) is 6.20 Å². The maximum Gasteiger partial charge on any atom is 0.328 e. The topological polar surface area (TPSA) is 84.2 Å². The van der Waals surface area contributed by atoms with Crippen molar-refractivity contribution in [3.8, 4) is 0 Å². The summed E-state index contributed by atoms with van der Waals surface area (Å²) in [5.74, 6) is -1.07. The second-order valence-corrected chi connectivity index (χ2v) is 5.60. The fourth-order valence-electron chi connectivity index (χ4n) is 1.60. The molecule has 0 aliphatic rings. The van der Waals surface area contributed by atoms with Gasteiger partial charge in [0.15, 0.2) is 0 Å². The molecular formula is C13H21N3O3. The molecule has 106 valence electrons. The van der Waals surface area contributed by atoms with Crippen molar-refractivity contribution in [3.05, 3.63) is 17.5 Å². The number of rotatable bonds is 5. The first-order valence-corrected chi connectivity index (χ1v) is 6.23. The van der Waals surface area contributed by atoms with Crippen LogP contribution in [0.2, 0.25) is 0 Å². The molecule has 0 radical (unpaired) electrons. The van der Waals surface area contributed by atoms with E-state index in [1.165, 1.54) is 20.0 Å². The van der Waals surface area contributed by atoms with Crippen LogP contribution in [0.4, 0.5) is 0 Å². The smallest absolute Gasteiger partial charge is 0.328 e. The number of amides is 1. The van der Waals surface area contributed by atoms with E-state index in [1.807, 2.05) is 0 Å². The van der Waals surface area contributed by atoms with Crippen molar-refractivity contribution in [3.63, 3.8) is 0 Å². The minimum absolute atomic E-state index is 0.412. The van der Waals surface area contributed by atoms with Crippen LogP contribution in [0.5, 0.6) is 0 Å². The molecule has 0 unspecified atom stereocenters. The van der Waals surface area contributed by atoms with E-state index in [2.05, 4.69) is 24.3 Å². The van der Waals surface area contributed by atoms with E-state index in [0.29, 0.717) is 11.5 Å². The third-order valence-corrected chi connectivity index (χ3v) is 2.85. The molecule has 0 atom stereocenters. The van der Waals surface area contributed by atoms with Crippen molar-refractivity contribution in [1.82, 2.24) is 15.1 Å². The standard InChI is InChI=1S/C13H21N3O3/c1-8(2)7-16-9(3)10(6-14-16)11(17)15-13(4,5)12(18)19/h6,8H,7H2,1-5H3,(H,15,17)(H,18,19). The zero-order valence-electron chi connectivity index (χ0n) is 12.0. The van der Waals surface area contributed by atoms with E-state index in [4.69, 9.17) is 5.11 Å². The predicted octanol–water partition coefficient (Wildman–Crippen LogP) is 1.44. The molecule has 0 spiro atoms. The maximum absolute atomic E-state index is 12.1. The van der Waals surface area contributed by atoms with Gasteiger partial charge in [0.25, 0.3) is 5.91 Å². The van der Waals surface area contributed by atoms with E-state index in [-0.39, 0.29) is 0 Å². The number of nitrogens with zero attached hydrogens (tertiary/aromatic N) is 2. The number of carbonyl (C=O) groups is 2. The summed E-state index contributed by atoms with van der Waals surface area (Å²) in [7, 11) is 0. The van der Waals surface area contributed by atoms with Crippen molar-refractivity contribution in [2.24, 2.45) is 5.92 Å². The molecule has 0 saturated heterocycles. The highest BCUT2D eigenvalue weighted by Crippen LogP contribution is 2.11. The maximum atomic E-state index is 12.1.